The molecule has 0 aliphatic heterocycles. The summed E-state index contributed by atoms with van der Waals surface area (Å²) in [5.41, 5.74) is 0.832. The summed E-state index contributed by atoms with van der Waals surface area (Å²) in [6, 6.07) is 12.0. The fourth-order valence-electron chi connectivity index (χ4n) is 0.677. The van der Waals surface area contributed by atoms with Gasteiger partial charge >= 0.3 is 0 Å². The zero-order valence-corrected chi connectivity index (χ0v) is 6.57. The van der Waals surface area contributed by atoms with Crippen LogP contribution >= 0.6 is 0 Å². The standard InChI is InChI=1S/C10H8N2/c1-2-8-11-9-12-10-6-4-3-5-7-10/h1,3-7H,8H2. The molecule has 1 aromatic carbocycles. The Morgan fingerprint density at radius 1 is 1.25 bits per heavy atom. The van der Waals surface area contributed by atoms with Crippen molar-refractivity contribution in [3.63, 3.8) is 0 Å². The smallest absolute Gasteiger partial charge is 0.110 e. The average Bonchev–Trinajstić information content (AvgIpc) is 2.14. The van der Waals surface area contributed by atoms with E-state index < -0.39 is 0 Å². The number of hydrogen-bond acceptors (Lipinski definition) is 2. The van der Waals surface area contributed by atoms with Crippen LogP contribution in [-0.2, 0) is 0 Å². The second-order valence-corrected chi connectivity index (χ2v) is 2.07. The molecule has 0 aromatic heterocycles. The lowest BCUT2D eigenvalue weighted by Gasteiger charge is -1.84. The Balaban J connectivity index is 2.65. The van der Waals surface area contributed by atoms with E-state index in [1.807, 2.05) is 30.3 Å². The number of para-hydroxylation sites is 1. The third-order valence-corrected chi connectivity index (χ3v) is 1.18. The highest BCUT2D eigenvalue weighted by molar-refractivity contribution is 5.52. The fraction of sp³-hybridized carbons (Fsp3) is 0.100. The summed E-state index contributed by atoms with van der Waals surface area (Å²) >= 11 is 0. The van der Waals surface area contributed by atoms with Gasteiger partial charge in [0.2, 0.25) is 0 Å². The monoisotopic (exact) mass is 156 g/mol. The summed E-state index contributed by atoms with van der Waals surface area (Å²) in [7, 11) is 0. The second kappa shape index (κ2) is 4.90. The van der Waals surface area contributed by atoms with Crippen molar-refractivity contribution in [1.82, 2.24) is 0 Å². The van der Waals surface area contributed by atoms with E-state index in [0.717, 1.165) is 5.69 Å². The van der Waals surface area contributed by atoms with Gasteiger partial charge in [-0.25, -0.2) is 4.99 Å². The molecule has 58 valence electrons. The first-order valence-electron chi connectivity index (χ1n) is 3.54. The van der Waals surface area contributed by atoms with E-state index in [-0.39, 0.29) is 0 Å². The fourth-order valence-corrected chi connectivity index (χ4v) is 0.677. The van der Waals surface area contributed by atoms with Crippen molar-refractivity contribution in [2.24, 2.45) is 9.98 Å². The van der Waals surface area contributed by atoms with Crippen molar-refractivity contribution in [2.45, 2.75) is 0 Å². The van der Waals surface area contributed by atoms with Gasteiger partial charge in [-0.15, -0.1) is 6.42 Å². The molecule has 0 unspecified atom stereocenters. The van der Waals surface area contributed by atoms with Crippen LogP contribution in [-0.4, -0.2) is 12.6 Å². The molecule has 0 amide bonds. The number of rotatable bonds is 2. The van der Waals surface area contributed by atoms with Crippen molar-refractivity contribution in [1.29, 1.82) is 0 Å². The Hall–Kier alpha value is -1.84. The van der Waals surface area contributed by atoms with Gasteiger partial charge in [0.25, 0.3) is 0 Å². The minimum Gasteiger partial charge on any atom is -0.212 e. The van der Waals surface area contributed by atoms with E-state index in [1.165, 1.54) is 0 Å². The van der Waals surface area contributed by atoms with E-state index in [4.69, 9.17) is 6.42 Å². The highest BCUT2D eigenvalue weighted by atomic mass is 14.8. The first-order chi connectivity index (χ1) is 5.93. The van der Waals surface area contributed by atoms with Crippen LogP contribution in [0.25, 0.3) is 0 Å². The molecule has 0 saturated heterocycles. The van der Waals surface area contributed by atoms with Crippen molar-refractivity contribution >= 4 is 11.7 Å². The van der Waals surface area contributed by atoms with E-state index in [1.54, 1.807) is 0 Å². The van der Waals surface area contributed by atoms with Crippen LogP contribution < -0.4 is 0 Å². The summed E-state index contributed by atoms with van der Waals surface area (Å²) in [4.78, 5) is 7.66. The molecule has 2 heteroatoms. The molecule has 2 nitrogen and oxygen atoms in total. The van der Waals surface area contributed by atoms with Gasteiger partial charge in [-0.05, 0) is 12.1 Å². The largest absolute Gasteiger partial charge is 0.212 e. The van der Waals surface area contributed by atoms with Gasteiger partial charge in [0, 0.05) is 0 Å². The third kappa shape index (κ3) is 2.83. The van der Waals surface area contributed by atoms with Crippen LogP contribution in [0.3, 0.4) is 0 Å². The summed E-state index contributed by atoms with van der Waals surface area (Å²) in [6.07, 6.45) is 4.98. The average molecular weight is 156 g/mol. The lowest BCUT2D eigenvalue weighted by atomic mass is 10.3. The van der Waals surface area contributed by atoms with Crippen LogP contribution in [0.2, 0.25) is 0 Å². The van der Waals surface area contributed by atoms with Crippen molar-refractivity contribution in [3.8, 4) is 12.3 Å². The Morgan fingerprint density at radius 2 is 2.00 bits per heavy atom. The number of terminal acetylenes is 1. The van der Waals surface area contributed by atoms with Gasteiger partial charge in [-0.3, -0.25) is 0 Å². The first kappa shape index (κ1) is 8.26. The van der Waals surface area contributed by atoms with Gasteiger partial charge in [-0.1, -0.05) is 24.1 Å². The molecule has 0 fully saturated rings. The van der Waals surface area contributed by atoms with E-state index in [0.29, 0.717) is 6.54 Å². The summed E-state index contributed by atoms with van der Waals surface area (Å²) < 4.78 is 0. The minimum atomic E-state index is 0.330. The third-order valence-electron chi connectivity index (χ3n) is 1.18. The molecule has 0 spiro atoms. The summed E-state index contributed by atoms with van der Waals surface area (Å²) in [5, 5.41) is 0. The van der Waals surface area contributed by atoms with Crippen molar-refractivity contribution in [3.05, 3.63) is 30.3 Å². The van der Waals surface area contributed by atoms with E-state index in [9.17, 15) is 0 Å². The number of hydrogen-bond donors (Lipinski definition) is 0. The first-order valence-corrected chi connectivity index (χ1v) is 3.54. The minimum absolute atomic E-state index is 0.330. The predicted molar refractivity (Wildman–Crippen MR) is 49.7 cm³/mol. The van der Waals surface area contributed by atoms with E-state index in [2.05, 4.69) is 21.9 Å². The van der Waals surface area contributed by atoms with Gasteiger partial charge in [0.15, 0.2) is 0 Å². The molecule has 0 atom stereocenters. The topological polar surface area (TPSA) is 24.7 Å². The Labute approximate surface area is 71.7 Å². The van der Waals surface area contributed by atoms with Gasteiger partial charge in [0.05, 0.1) is 11.7 Å². The van der Waals surface area contributed by atoms with E-state index >= 15 is 0 Å². The number of nitrogens with zero attached hydrogens (tertiary/aromatic N) is 2. The zero-order chi connectivity index (χ0) is 8.65. The maximum absolute atomic E-state index is 4.98. The molecular formula is C10H8N2. The molecule has 0 heterocycles. The summed E-state index contributed by atoms with van der Waals surface area (Å²) in [5.74, 6) is 2.36. The Bertz CT molecular complexity index is 327. The van der Waals surface area contributed by atoms with Crippen LogP contribution in [0.15, 0.2) is 40.3 Å². The molecule has 0 aliphatic rings. The lowest BCUT2D eigenvalue weighted by Crippen LogP contribution is -1.67. The SMILES string of the molecule is C#CCN=C=Nc1ccccc1. The Kier molecular flexibility index (Phi) is 3.37. The van der Waals surface area contributed by atoms with Crippen molar-refractivity contribution < 1.29 is 0 Å². The molecule has 0 bridgehead atoms. The molecule has 1 aromatic rings. The Morgan fingerprint density at radius 3 is 2.67 bits per heavy atom. The highest BCUT2D eigenvalue weighted by Gasteiger charge is 1.80. The quantitative estimate of drug-likeness (QED) is 0.463. The second-order valence-electron chi connectivity index (χ2n) is 2.07. The van der Waals surface area contributed by atoms with Gasteiger partial charge in [0.1, 0.15) is 6.54 Å². The molecule has 0 radical (unpaired) electrons. The van der Waals surface area contributed by atoms with Gasteiger partial charge < -0.3 is 0 Å². The molecule has 0 N–H and O–H groups in total. The molecule has 0 saturated carbocycles. The molecular weight excluding hydrogens is 148 g/mol. The van der Waals surface area contributed by atoms with Gasteiger partial charge in [-0.2, -0.15) is 4.99 Å². The maximum atomic E-state index is 4.98. The van der Waals surface area contributed by atoms with Crippen LogP contribution in [0.4, 0.5) is 5.69 Å². The highest BCUT2D eigenvalue weighted by Crippen LogP contribution is 2.07. The normalized spacial score (nSPS) is 7.92. The molecule has 12 heavy (non-hydrogen) atoms. The lowest BCUT2D eigenvalue weighted by molar-refractivity contribution is 1.30. The molecule has 0 aliphatic carbocycles. The summed E-state index contributed by atoms with van der Waals surface area (Å²) in [6.45, 7) is 0.330. The molecule has 1 rings (SSSR count). The predicted octanol–water partition coefficient (Wildman–Crippen LogP) is 2.13. The zero-order valence-electron chi connectivity index (χ0n) is 6.57. The number of benzene rings is 1. The maximum Gasteiger partial charge on any atom is 0.110 e. The van der Waals surface area contributed by atoms with Crippen LogP contribution in [0.1, 0.15) is 0 Å². The van der Waals surface area contributed by atoms with Crippen LogP contribution in [0.5, 0.6) is 0 Å². The van der Waals surface area contributed by atoms with Crippen LogP contribution in [0, 0.1) is 12.3 Å². The number of aliphatic imine (C=N–C) groups is 2. The van der Waals surface area contributed by atoms with Crippen molar-refractivity contribution in [2.75, 3.05) is 6.54 Å².